The van der Waals surface area contributed by atoms with Crippen LogP contribution in [0.15, 0.2) is 36.4 Å². The number of amides is 1. The molecule has 5 nitrogen and oxygen atoms in total. The number of thiazole rings is 1. The largest absolute Gasteiger partial charge is 0.494 e. The number of halogens is 1. The summed E-state index contributed by atoms with van der Waals surface area (Å²) in [6.45, 7) is 3.58. The lowest BCUT2D eigenvalue weighted by molar-refractivity contribution is 0.0985. The molecule has 3 aromatic rings. The summed E-state index contributed by atoms with van der Waals surface area (Å²) in [6.07, 6.45) is 0.869. The second kappa shape index (κ2) is 9.19. The van der Waals surface area contributed by atoms with Crippen LogP contribution in [0.5, 0.6) is 5.75 Å². The Balaban J connectivity index is 2.03. The number of methoxy groups -OCH3 is 1. The lowest BCUT2D eigenvalue weighted by Gasteiger charge is -2.21. The molecule has 1 aromatic heterocycles. The highest BCUT2D eigenvalue weighted by atomic mass is 127. The summed E-state index contributed by atoms with van der Waals surface area (Å²) in [4.78, 5) is 22.1. The second-order valence-corrected chi connectivity index (χ2v) is 8.99. The first-order valence-electron chi connectivity index (χ1n) is 9.07. The first-order chi connectivity index (χ1) is 13.4. The van der Waals surface area contributed by atoms with E-state index in [9.17, 15) is 4.79 Å². The van der Waals surface area contributed by atoms with E-state index in [1.54, 1.807) is 18.4 Å². The Morgan fingerprint density at radius 1 is 1.18 bits per heavy atom. The van der Waals surface area contributed by atoms with Gasteiger partial charge in [0, 0.05) is 10.1 Å². The number of benzene rings is 2. The fraction of sp³-hybridized carbons (Fsp3) is 0.333. The zero-order valence-corrected chi connectivity index (χ0v) is 19.5. The van der Waals surface area contributed by atoms with Crippen LogP contribution >= 0.6 is 33.9 Å². The van der Waals surface area contributed by atoms with Gasteiger partial charge in [0.15, 0.2) is 5.13 Å². The number of nitrogens with zero attached hydrogens (tertiary/aromatic N) is 3. The fourth-order valence-corrected chi connectivity index (χ4v) is 4.68. The van der Waals surface area contributed by atoms with Crippen LogP contribution in [0.3, 0.4) is 0 Å². The summed E-state index contributed by atoms with van der Waals surface area (Å²) in [5, 5.41) is 0.714. The molecule has 0 aliphatic heterocycles. The molecule has 0 bridgehead atoms. The van der Waals surface area contributed by atoms with Crippen molar-refractivity contribution in [2.75, 3.05) is 39.2 Å². The molecule has 1 heterocycles. The predicted octanol–water partition coefficient (Wildman–Crippen LogP) is 4.82. The monoisotopic (exact) mass is 509 g/mol. The molecule has 0 radical (unpaired) electrons. The van der Waals surface area contributed by atoms with Crippen molar-refractivity contribution in [3.05, 3.63) is 51.1 Å². The molecule has 3 rings (SSSR count). The van der Waals surface area contributed by atoms with Crippen LogP contribution in [-0.2, 0) is 0 Å². The Morgan fingerprint density at radius 2 is 1.93 bits per heavy atom. The summed E-state index contributed by atoms with van der Waals surface area (Å²) in [6, 6.07) is 11.6. The maximum Gasteiger partial charge on any atom is 0.261 e. The van der Waals surface area contributed by atoms with E-state index in [2.05, 4.69) is 34.4 Å². The average Bonchev–Trinajstić information content (AvgIpc) is 3.11. The molecule has 0 atom stereocenters. The SMILES string of the molecule is COc1ccc(C)c2sc(N(CCCN(C)C)C(=O)c3ccccc3I)nc12. The molecule has 28 heavy (non-hydrogen) atoms. The van der Waals surface area contributed by atoms with Crippen molar-refractivity contribution in [2.45, 2.75) is 13.3 Å². The van der Waals surface area contributed by atoms with Gasteiger partial charge in [-0.05, 0) is 80.3 Å². The van der Waals surface area contributed by atoms with E-state index in [1.807, 2.05) is 55.4 Å². The number of aryl methyl sites for hydroxylation is 1. The van der Waals surface area contributed by atoms with E-state index in [0.717, 1.165) is 38.1 Å². The number of hydrogen-bond donors (Lipinski definition) is 0. The molecule has 0 aliphatic carbocycles. The van der Waals surface area contributed by atoms with Crippen LogP contribution in [0, 0.1) is 10.5 Å². The van der Waals surface area contributed by atoms with E-state index in [4.69, 9.17) is 9.72 Å². The zero-order chi connectivity index (χ0) is 20.3. The van der Waals surface area contributed by atoms with Crippen molar-refractivity contribution < 1.29 is 9.53 Å². The summed E-state index contributed by atoms with van der Waals surface area (Å²) < 4.78 is 7.49. The van der Waals surface area contributed by atoms with Crippen molar-refractivity contribution in [1.29, 1.82) is 0 Å². The lowest BCUT2D eigenvalue weighted by atomic mass is 10.2. The first-order valence-corrected chi connectivity index (χ1v) is 11.0. The van der Waals surface area contributed by atoms with Gasteiger partial charge in [0.2, 0.25) is 0 Å². The molecular weight excluding hydrogens is 485 g/mol. The van der Waals surface area contributed by atoms with Gasteiger partial charge >= 0.3 is 0 Å². The van der Waals surface area contributed by atoms with E-state index >= 15 is 0 Å². The molecular formula is C21H24IN3O2S. The standard InChI is InChI=1S/C21H24IN3O2S/c1-14-10-11-17(27-4)18-19(14)28-21(23-18)25(13-7-12-24(2)3)20(26)15-8-5-6-9-16(15)22/h5-6,8-11H,7,12-13H2,1-4H3. The van der Waals surface area contributed by atoms with E-state index in [-0.39, 0.29) is 5.91 Å². The van der Waals surface area contributed by atoms with Gasteiger partial charge in [-0.3, -0.25) is 9.69 Å². The van der Waals surface area contributed by atoms with Crippen LogP contribution in [-0.4, -0.2) is 50.1 Å². The highest BCUT2D eigenvalue weighted by Gasteiger charge is 2.24. The molecule has 0 spiro atoms. The van der Waals surface area contributed by atoms with Gasteiger partial charge in [-0.15, -0.1) is 0 Å². The number of fused-ring (bicyclic) bond motifs is 1. The van der Waals surface area contributed by atoms with Gasteiger partial charge in [0.1, 0.15) is 11.3 Å². The smallest absolute Gasteiger partial charge is 0.261 e. The van der Waals surface area contributed by atoms with E-state index in [0.29, 0.717) is 17.2 Å². The van der Waals surface area contributed by atoms with Crippen molar-refractivity contribution in [3.8, 4) is 5.75 Å². The van der Waals surface area contributed by atoms with Crippen molar-refractivity contribution in [1.82, 2.24) is 9.88 Å². The molecule has 7 heteroatoms. The van der Waals surface area contributed by atoms with Gasteiger partial charge in [-0.1, -0.05) is 29.5 Å². The first kappa shape index (κ1) is 21.0. The Bertz CT molecular complexity index is 987. The molecule has 0 aliphatic rings. The minimum atomic E-state index is -0.0144. The Morgan fingerprint density at radius 3 is 2.61 bits per heavy atom. The quantitative estimate of drug-likeness (QED) is 0.429. The van der Waals surface area contributed by atoms with Crippen molar-refractivity contribution >= 4 is 55.2 Å². The predicted molar refractivity (Wildman–Crippen MR) is 125 cm³/mol. The molecule has 148 valence electrons. The number of anilines is 1. The minimum Gasteiger partial charge on any atom is -0.494 e. The Hall–Kier alpha value is -1.71. The maximum atomic E-state index is 13.4. The topological polar surface area (TPSA) is 45.7 Å². The normalized spacial score (nSPS) is 11.2. The number of rotatable bonds is 7. The zero-order valence-electron chi connectivity index (χ0n) is 16.5. The molecule has 1 amide bonds. The van der Waals surface area contributed by atoms with E-state index < -0.39 is 0 Å². The summed E-state index contributed by atoms with van der Waals surface area (Å²) >= 11 is 3.76. The van der Waals surface area contributed by atoms with Crippen LogP contribution in [0.25, 0.3) is 10.2 Å². The number of hydrogen-bond acceptors (Lipinski definition) is 5. The molecule has 0 N–H and O–H groups in total. The average molecular weight is 509 g/mol. The molecule has 0 fully saturated rings. The lowest BCUT2D eigenvalue weighted by Crippen LogP contribution is -2.33. The third-order valence-electron chi connectivity index (χ3n) is 4.48. The third-order valence-corrected chi connectivity index (χ3v) is 6.63. The molecule has 2 aromatic carbocycles. The van der Waals surface area contributed by atoms with Crippen molar-refractivity contribution in [3.63, 3.8) is 0 Å². The number of carbonyl (C=O) groups is 1. The molecule has 0 saturated heterocycles. The fourth-order valence-electron chi connectivity index (χ4n) is 2.99. The summed E-state index contributed by atoms with van der Waals surface area (Å²) in [7, 11) is 5.73. The molecule has 0 unspecified atom stereocenters. The Kier molecular flexibility index (Phi) is 6.90. The van der Waals surface area contributed by atoms with Crippen LogP contribution < -0.4 is 9.64 Å². The number of ether oxygens (including phenoxy) is 1. The van der Waals surface area contributed by atoms with Crippen LogP contribution in [0.2, 0.25) is 0 Å². The third kappa shape index (κ3) is 4.47. The van der Waals surface area contributed by atoms with Gasteiger partial charge in [0.05, 0.1) is 17.4 Å². The van der Waals surface area contributed by atoms with Crippen LogP contribution in [0.1, 0.15) is 22.3 Å². The highest BCUT2D eigenvalue weighted by Crippen LogP contribution is 2.37. The second-order valence-electron chi connectivity index (χ2n) is 6.85. The van der Waals surface area contributed by atoms with E-state index in [1.165, 1.54) is 0 Å². The van der Waals surface area contributed by atoms with Gasteiger partial charge < -0.3 is 9.64 Å². The Labute approximate surface area is 183 Å². The maximum absolute atomic E-state index is 13.4. The summed E-state index contributed by atoms with van der Waals surface area (Å²) in [5.41, 5.74) is 2.65. The summed E-state index contributed by atoms with van der Waals surface area (Å²) in [5.74, 6) is 0.720. The number of carbonyl (C=O) groups excluding carboxylic acids is 1. The van der Waals surface area contributed by atoms with Gasteiger partial charge in [0.25, 0.3) is 5.91 Å². The molecule has 0 saturated carbocycles. The number of aromatic nitrogens is 1. The van der Waals surface area contributed by atoms with Gasteiger partial charge in [-0.2, -0.15) is 0 Å². The van der Waals surface area contributed by atoms with Gasteiger partial charge in [-0.25, -0.2) is 4.98 Å². The van der Waals surface area contributed by atoms with Crippen molar-refractivity contribution in [2.24, 2.45) is 0 Å². The highest BCUT2D eigenvalue weighted by molar-refractivity contribution is 14.1. The van der Waals surface area contributed by atoms with Crippen LogP contribution in [0.4, 0.5) is 5.13 Å². The minimum absolute atomic E-state index is 0.0144.